The number of hydrogen-bond donors (Lipinski definition) is 3. The molecule has 2 heterocycles. The molecule has 0 spiro atoms. The van der Waals surface area contributed by atoms with Gasteiger partial charge in [0.05, 0.1) is 11.2 Å². The molecule has 3 N–H and O–H groups in total. The summed E-state index contributed by atoms with van der Waals surface area (Å²) in [6, 6.07) is 10.3. The summed E-state index contributed by atoms with van der Waals surface area (Å²) < 4.78 is 0. The summed E-state index contributed by atoms with van der Waals surface area (Å²) in [7, 11) is 0. The van der Waals surface area contributed by atoms with E-state index in [2.05, 4.69) is 46.0 Å². The number of carbonyl (C=O) groups excluding carboxylic acids is 2. The molecule has 1 fully saturated rings. The van der Waals surface area contributed by atoms with Crippen LogP contribution in [0.3, 0.4) is 0 Å². The average Bonchev–Trinajstić information content (AvgIpc) is 3.24. The van der Waals surface area contributed by atoms with E-state index in [0.717, 1.165) is 59.2 Å². The lowest BCUT2D eigenvalue weighted by atomic mass is 9.90. The van der Waals surface area contributed by atoms with Gasteiger partial charge < -0.3 is 15.5 Å². The number of urea groups is 1. The number of likely N-dealkylation sites (tertiary alicyclic amines) is 1. The summed E-state index contributed by atoms with van der Waals surface area (Å²) in [5, 5.41) is 14.8. The van der Waals surface area contributed by atoms with E-state index in [0.29, 0.717) is 24.6 Å². The number of fused-ring (bicyclic) bond motifs is 1. The van der Waals surface area contributed by atoms with Crippen LogP contribution in [0, 0.1) is 13.8 Å². The highest BCUT2D eigenvalue weighted by Crippen LogP contribution is 2.34. The predicted molar refractivity (Wildman–Crippen MR) is 132 cm³/mol. The summed E-state index contributed by atoms with van der Waals surface area (Å²) in [6.07, 6.45) is 1.82. The van der Waals surface area contributed by atoms with E-state index in [4.69, 9.17) is 0 Å². The molecular formula is C26H33N5O2. The van der Waals surface area contributed by atoms with E-state index in [-0.39, 0.29) is 11.9 Å². The number of piperidine rings is 1. The number of aromatic amines is 1. The molecule has 1 saturated heterocycles. The molecule has 0 atom stereocenters. The molecule has 4 rings (SSSR count). The van der Waals surface area contributed by atoms with Crippen LogP contribution in [-0.2, 0) is 0 Å². The molecule has 3 amide bonds. The highest BCUT2D eigenvalue weighted by Gasteiger charge is 2.26. The van der Waals surface area contributed by atoms with Gasteiger partial charge in [-0.05, 0) is 81.0 Å². The van der Waals surface area contributed by atoms with Gasteiger partial charge in [0.25, 0.3) is 5.91 Å². The topological polar surface area (TPSA) is 90.1 Å². The third kappa shape index (κ3) is 4.58. The molecule has 33 heavy (non-hydrogen) atoms. The Morgan fingerprint density at radius 3 is 2.48 bits per heavy atom. The number of aryl methyl sites for hydroxylation is 1. The standard InChI is InChI=1S/C26H33N5O2/c1-5-27-25(32)20-13-16(3)17(4)22(14-20)19-7-8-21-23(15-19)29-30-24(21)18-9-11-31(12-10-18)26(33)28-6-2/h7-8,13-15,18H,5-6,9-12H2,1-4H3,(H,27,32)(H,28,33)(H,29,30). The number of nitrogens with one attached hydrogen (secondary N) is 3. The second-order valence-electron chi connectivity index (χ2n) is 8.79. The summed E-state index contributed by atoms with van der Waals surface area (Å²) in [5.41, 5.74) is 7.14. The van der Waals surface area contributed by atoms with E-state index < -0.39 is 0 Å². The molecule has 0 saturated carbocycles. The fourth-order valence-electron chi connectivity index (χ4n) is 4.69. The molecular weight excluding hydrogens is 414 g/mol. The van der Waals surface area contributed by atoms with Gasteiger partial charge in [0.15, 0.2) is 0 Å². The predicted octanol–water partition coefficient (Wildman–Crippen LogP) is 4.51. The quantitative estimate of drug-likeness (QED) is 0.538. The monoisotopic (exact) mass is 447 g/mol. The molecule has 1 aromatic heterocycles. The average molecular weight is 448 g/mol. The van der Waals surface area contributed by atoms with Gasteiger partial charge >= 0.3 is 6.03 Å². The van der Waals surface area contributed by atoms with Gasteiger partial charge in [-0.25, -0.2) is 4.79 Å². The SMILES string of the molecule is CCNC(=O)c1cc(C)c(C)c(-c2ccc3c(C4CCN(C(=O)NCC)CC4)n[nH]c3c2)c1. The van der Waals surface area contributed by atoms with E-state index in [1.54, 1.807) is 0 Å². The minimum absolute atomic E-state index is 0.0213. The zero-order valence-corrected chi connectivity index (χ0v) is 19.9. The second kappa shape index (κ2) is 9.65. The Balaban J connectivity index is 1.59. The summed E-state index contributed by atoms with van der Waals surface area (Å²) in [5.74, 6) is 0.283. The van der Waals surface area contributed by atoms with Crippen LogP contribution in [0.5, 0.6) is 0 Å². The smallest absolute Gasteiger partial charge is 0.317 e. The van der Waals surface area contributed by atoms with Gasteiger partial charge in [0.2, 0.25) is 0 Å². The maximum absolute atomic E-state index is 12.4. The number of benzene rings is 2. The first-order valence-corrected chi connectivity index (χ1v) is 11.8. The molecule has 1 aliphatic rings. The third-order valence-corrected chi connectivity index (χ3v) is 6.67. The van der Waals surface area contributed by atoms with Crippen molar-refractivity contribution in [2.24, 2.45) is 0 Å². The van der Waals surface area contributed by atoms with Crippen molar-refractivity contribution in [2.75, 3.05) is 26.2 Å². The molecule has 7 heteroatoms. The maximum Gasteiger partial charge on any atom is 0.317 e. The molecule has 1 aliphatic heterocycles. The van der Waals surface area contributed by atoms with Gasteiger partial charge in [-0.15, -0.1) is 0 Å². The van der Waals surface area contributed by atoms with Crippen molar-refractivity contribution in [3.05, 3.63) is 52.7 Å². The molecule has 0 unspecified atom stereocenters. The number of nitrogens with zero attached hydrogens (tertiary/aromatic N) is 2. The van der Waals surface area contributed by atoms with Crippen LogP contribution in [0.4, 0.5) is 4.79 Å². The first kappa shape index (κ1) is 22.8. The number of amides is 3. The van der Waals surface area contributed by atoms with Crippen LogP contribution in [0.1, 0.15) is 59.8 Å². The lowest BCUT2D eigenvalue weighted by Gasteiger charge is -2.31. The number of H-pyrrole nitrogens is 1. The number of rotatable bonds is 5. The highest BCUT2D eigenvalue weighted by molar-refractivity contribution is 5.96. The Hall–Kier alpha value is -3.35. The summed E-state index contributed by atoms with van der Waals surface area (Å²) >= 11 is 0. The minimum atomic E-state index is -0.0503. The van der Waals surface area contributed by atoms with Crippen LogP contribution in [-0.4, -0.2) is 53.2 Å². The Bertz CT molecular complexity index is 1170. The molecule has 3 aromatic rings. The molecule has 174 valence electrons. The largest absolute Gasteiger partial charge is 0.352 e. The van der Waals surface area contributed by atoms with Gasteiger partial charge in [-0.1, -0.05) is 12.1 Å². The third-order valence-electron chi connectivity index (χ3n) is 6.67. The first-order chi connectivity index (χ1) is 15.9. The van der Waals surface area contributed by atoms with Gasteiger partial charge in [-0.2, -0.15) is 5.10 Å². The van der Waals surface area contributed by atoms with E-state index in [9.17, 15) is 9.59 Å². The summed E-state index contributed by atoms with van der Waals surface area (Å²) in [4.78, 5) is 26.4. The fourth-order valence-corrected chi connectivity index (χ4v) is 4.69. The maximum atomic E-state index is 12.4. The van der Waals surface area contributed by atoms with Crippen LogP contribution in [0.25, 0.3) is 22.0 Å². The fraction of sp³-hybridized carbons (Fsp3) is 0.423. The number of hydrogen-bond acceptors (Lipinski definition) is 3. The van der Waals surface area contributed by atoms with Crippen molar-refractivity contribution >= 4 is 22.8 Å². The highest BCUT2D eigenvalue weighted by atomic mass is 16.2. The van der Waals surface area contributed by atoms with Crippen molar-refractivity contribution in [1.29, 1.82) is 0 Å². The van der Waals surface area contributed by atoms with E-state index in [1.165, 1.54) is 5.56 Å². The summed E-state index contributed by atoms with van der Waals surface area (Å²) in [6.45, 7) is 10.7. The second-order valence-corrected chi connectivity index (χ2v) is 8.79. The Kier molecular flexibility index (Phi) is 6.67. The van der Waals surface area contributed by atoms with Gasteiger partial charge in [0.1, 0.15) is 0 Å². The normalized spacial score (nSPS) is 14.5. The van der Waals surface area contributed by atoms with Gasteiger partial charge in [0, 0.05) is 43.0 Å². The zero-order valence-electron chi connectivity index (χ0n) is 19.9. The molecule has 0 radical (unpaired) electrons. The molecule has 7 nitrogen and oxygen atoms in total. The zero-order chi connectivity index (χ0) is 23.5. The number of aromatic nitrogens is 2. The van der Waals surface area contributed by atoms with Crippen molar-refractivity contribution in [2.45, 2.75) is 46.5 Å². The Morgan fingerprint density at radius 2 is 1.79 bits per heavy atom. The lowest BCUT2D eigenvalue weighted by molar-refractivity contribution is 0.0955. The molecule has 0 aliphatic carbocycles. The molecule has 0 bridgehead atoms. The first-order valence-electron chi connectivity index (χ1n) is 11.8. The lowest BCUT2D eigenvalue weighted by Crippen LogP contribution is -2.44. The van der Waals surface area contributed by atoms with Crippen molar-refractivity contribution in [1.82, 2.24) is 25.7 Å². The van der Waals surface area contributed by atoms with Crippen LogP contribution in [0.2, 0.25) is 0 Å². The van der Waals surface area contributed by atoms with Crippen molar-refractivity contribution in [3.8, 4) is 11.1 Å². The Morgan fingerprint density at radius 1 is 1.06 bits per heavy atom. The molecule has 2 aromatic carbocycles. The van der Waals surface area contributed by atoms with Crippen LogP contribution < -0.4 is 10.6 Å². The Labute approximate surface area is 194 Å². The van der Waals surface area contributed by atoms with Crippen LogP contribution >= 0.6 is 0 Å². The van der Waals surface area contributed by atoms with Gasteiger partial charge in [-0.3, -0.25) is 9.89 Å². The van der Waals surface area contributed by atoms with E-state index >= 15 is 0 Å². The minimum Gasteiger partial charge on any atom is -0.352 e. The van der Waals surface area contributed by atoms with Crippen molar-refractivity contribution in [3.63, 3.8) is 0 Å². The number of carbonyl (C=O) groups is 2. The van der Waals surface area contributed by atoms with E-state index in [1.807, 2.05) is 37.8 Å². The van der Waals surface area contributed by atoms with Crippen molar-refractivity contribution < 1.29 is 9.59 Å². The van der Waals surface area contributed by atoms with Crippen LogP contribution in [0.15, 0.2) is 30.3 Å².